The molecule has 0 unspecified atom stereocenters. The Morgan fingerprint density at radius 1 is 1.18 bits per heavy atom. The lowest BCUT2D eigenvalue weighted by molar-refractivity contribution is -0.205. The summed E-state index contributed by atoms with van der Waals surface area (Å²) in [6, 6.07) is 0. The monoisotopic (exact) mass is 176 g/mol. The smallest absolute Gasteiger partial charge is 0.348 e. The number of carboxylic acids is 1. The number of alkyl halides is 4. The second-order valence-corrected chi connectivity index (χ2v) is 1.73. The molecule has 0 aliphatic carbocycles. The Hall–Kier alpha value is -0.850. The highest BCUT2D eigenvalue weighted by atomic mass is 19.3. The maximum Gasteiger partial charge on any atom is 0.348 e. The van der Waals surface area contributed by atoms with Crippen LogP contribution in [0.1, 0.15) is 0 Å². The van der Waals surface area contributed by atoms with Crippen LogP contribution in [0.25, 0.3) is 0 Å². The number of carboxylic acid groups (broad SMARTS) is 1. The van der Waals surface area contributed by atoms with E-state index in [0.717, 1.165) is 0 Å². The third-order valence-electron chi connectivity index (χ3n) is 1.01. The van der Waals surface area contributed by atoms with Gasteiger partial charge >= 0.3 is 5.97 Å². The second kappa shape index (κ2) is 3.04. The fraction of sp³-hybridized carbons (Fsp3) is 0.750. The minimum absolute atomic E-state index is 2.64. The number of carbonyl (C=O) groups is 1. The number of halogens is 4. The van der Waals surface area contributed by atoms with Gasteiger partial charge in [0, 0.05) is 0 Å². The summed E-state index contributed by atoms with van der Waals surface area (Å²) in [5.74, 6) is -2.64. The quantitative estimate of drug-likeness (QED) is 0.609. The summed E-state index contributed by atoms with van der Waals surface area (Å²) < 4.78 is 45.9. The van der Waals surface area contributed by atoms with Crippen molar-refractivity contribution >= 4 is 5.97 Å². The van der Waals surface area contributed by atoms with E-state index in [1.165, 1.54) is 0 Å². The van der Waals surface area contributed by atoms with Gasteiger partial charge in [-0.25, -0.2) is 22.4 Å². The van der Waals surface area contributed by atoms with E-state index in [2.05, 4.69) is 0 Å². The van der Waals surface area contributed by atoms with Crippen molar-refractivity contribution in [3.8, 4) is 0 Å². The Morgan fingerprint density at radius 2 is 1.45 bits per heavy atom. The summed E-state index contributed by atoms with van der Waals surface area (Å²) in [6.07, 6.45) is -8.03. The highest BCUT2D eigenvalue weighted by Crippen LogP contribution is 2.23. The van der Waals surface area contributed by atoms with Gasteiger partial charge in [-0.2, -0.15) is 0 Å². The molecule has 0 aromatic rings. The molecule has 66 valence electrons. The molecule has 11 heavy (non-hydrogen) atoms. The minimum atomic E-state index is -4.25. The molecule has 0 fully saturated rings. The number of rotatable bonds is 3. The Morgan fingerprint density at radius 3 is 1.45 bits per heavy atom. The summed E-state index contributed by atoms with van der Waals surface area (Å²) in [5, 5.41) is 15.9. The summed E-state index contributed by atoms with van der Waals surface area (Å²) in [5.41, 5.74) is -4.25. The average Bonchev–Trinajstić information content (AvgIpc) is 1.84. The molecule has 0 saturated heterocycles. The summed E-state index contributed by atoms with van der Waals surface area (Å²) in [7, 11) is 0. The molecule has 0 spiro atoms. The highest BCUT2D eigenvalue weighted by Gasteiger charge is 2.54. The first-order valence-electron chi connectivity index (χ1n) is 2.35. The molecule has 0 aromatic carbocycles. The van der Waals surface area contributed by atoms with E-state index in [-0.39, 0.29) is 0 Å². The fourth-order valence-electron chi connectivity index (χ4n) is 0.282. The van der Waals surface area contributed by atoms with E-state index < -0.39 is 24.4 Å². The van der Waals surface area contributed by atoms with E-state index in [1.54, 1.807) is 0 Å². The van der Waals surface area contributed by atoms with Gasteiger partial charge in [-0.3, -0.25) is 0 Å². The van der Waals surface area contributed by atoms with Gasteiger partial charge < -0.3 is 10.2 Å². The van der Waals surface area contributed by atoms with E-state index >= 15 is 0 Å². The van der Waals surface area contributed by atoms with Crippen molar-refractivity contribution in [2.75, 3.05) is 0 Å². The van der Waals surface area contributed by atoms with Crippen LogP contribution in [-0.2, 0) is 4.79 Å². The first kappa shape index (κ1) is 10.2. The van der Waals surface area contributed by atoms with Gasteiger partial charge in [0.05, 0.1) is 0 Å². The normalized spacial score (nSPS) is 12.6. The molecule has 0 atom stereocenters. The number of hydrogen-bond acceptors (Lipinski definition) is 2. The fourth-order valence-corrected chi connectivity index (χ4v) is 0.282. The molecule has 0 rings (SSSR count). The first-order valence-corrected chi connectivity index (χ1v) is 2.35. The maximum atomic E-state index is 11.5. The lowest BCUT2D eigenvalue weighted by atomic mass is 10.1. The van der Waals surface area contributed by atoms with Crippen molar-refractivity contribution in [2.45, 2.75) is 18.5 Å². The molecule has 3 nitrogen and oxygen atoms in total. The van der Waals surface area contributed by atoms with E-state index in [4.69, 9.17) is 10.2 Å². The zero-order valence-electron chi connectivity index (χ0n) is 4.97. The van der Waals surface area contributed by atoms with Crippen molar-refractivity contribution in [1.29, 1.82) is 0 Å². The second-order valence-electron chi connectivity index (χ2n) is 1.73. The molecule has 0 aliphatic heterocycles. The summed E-state index contributed by atoms with van der Waals surface area (Å²) >= 11 is 0. The van der Waals surface area contributed by atoms with Gasteiger partial charge in [-0.1, -0.05) is 0 Å². The predicted octanol–water partition coefficient (Wildman–Crippen LogP) is 0.332. The van der Waals surface area contributed by atoms with E-state index in [0.29, 0.717) is 0 Å². The Labute approximate surface area is 58.2 Å². The number of aliphatic hydroxyl groups is 1. The average molecular weight is 176 g/mol. The van der Waals surface area contributed by atoms with E-state index in [9.17, 15) is 22.4 Å². The topological polar surface area (TPSA) is 57.5 Å². The van der Waals surface area contributed by atoms with Crippen LogP contribution in [0.2, 0.25) is 0 Å². The standard InChI is InChI=1S/C4H4F4O3/c5-1(6)4(11,2(7)8)3(9)10/h1-2,11H,(H,9,10). The Balaban J connectivity index is 4.67. The molecule has 0 saturated carbocycles. The summed E-state index contributed by atoms with van der Waals surface area (Å²) in [4.78, 5) is 9.69. The third-order valence-corrected chi connectivity index (χ3v) is 1.01. The zero-order valence-corrected chi connectivity index (χ0v) is 4.97. The van der Waals surface area contributed by atoms with Crippen LogP contribution in [0.3, 0.4) is 0 Å². The minimum Gasteiger partial charge on any atom is -0.479 e. The van der Waals surface area contributed by atoms with Crippen LogP contribution >= 0.6 is 0 Å². The molecule has 2 N–H and O–H groups in total. The molecule has 0 heterocycles. The van der Waals surface area contributed by atoms with E-state index in [1.807, 2.05) is 0 Å². The van der Waals surface area contributed by atoms with Gasteiger partial charge in [0.1, 0.15) is 0 Å². The number of hydrogen-bond donors (Lipinski definition) is 2. The number of aliphatic carboxylic acids is 1. The molecule has 0 aromatic heterocycles. The Bertz CT molecular complexity index is 149. The van der Waals surface area contributed by atoms with Gasteiger partial charge in [-0.15, -0.1) is 0 Å². The van der Waals surface area contributed by atoms with Gasteiger partial charge in [0.25, 0.3) is 18.5 Å². The molecule has 0 radical (unpaired) electrons. The molecule has 0 aliphatic rings. The Kier molecular flexibility index (Phi) is 2.80. The van der Waals surface area contributed by atoms with Crippen molar-refractivity contribution in [3.63, 3.8) is 0 Å². The van der Waals surface area contributed by atoms with Crippen LogP contribution in [0, 0.1) is 0 Å². The largest absolute Gasteiger partial charge is 0.479 e. The molecule has 7 heteroatoms. The van der Waals surface area contributed by atoms with Crippen molar-refractivity contribution in [2.24, 2.45) is 0 Å². The lowest BCUT2D eigenvalue weighted by Crippen LogP contribution is -2.51. The van der Waals surface area contributed by atoms with Crippen LogP contribution < -0.4 is 0 Å². The van der Waals surface area contributed by atoms with Crippen LogP contribution in [0.5, 0.6) is 0 Å². The van der Waals surface area contributed by atoms with Gasteiger partial charge in [0.2, 0.25) is 0 Å². The van der Waals surface area contributed by atoms with Crippen LogP contribution in [0.4, 0.5) is 17.6 Å². The molecular weight excluding hydrogens is 172 g/mol. The zero-order chi connectivity index (χ0) is 9.23. The lowest BCUT2D eigenvalue weighted by Gasteiger charge is -2.20. The van der Waals surface area contributed by atoms with Crippen LogP contribution in [0.15, 0.2) is 0 Å². The van der Waals surface area contributed by atoms with Crippen molar-refractivity contribution < 1.29 is 32.6 Å². The summed E-state index contributed by atoms with van der Waals surface area (Å²) in [6.45, 7) is 0. The maximum absolute atomic E-state index is 11.5. The van der Waals surface area contributed by atoms with Crippen molar-refractivity contribution in [1.82, 2.24) is 0 Å². The molecular formula is C4H4F4O3. The highest BCUT2D eigenvalue weighted by molar-refractivity contribution is 5.78. The van der Waals surface area contributed by atoms with Crippen molar-refractivity contribution in [3.05, 3.63) is 0 Å². The third kappa shape index (κ3) is 1.59. The molecule has 0 bridgehead atoms. The molecule has 0 amide bonds. The van der Waals surface area contributed by atoms with Gasteiger partial charge in [0.15, 0.2) is 0 Å². The van der Waals surface area contributed by atoms with Crippen LogP contribution in [-0.4, -0.2) is 34.6 Å². The van der Waals surface area contributed by atoms with Gasteiger partial charge in [-0.05, 0) is 0 Å². The SMILES string of the molecule is O=C(O)C(O)(C(F)F)C(F)F. The first-order chi connectivity index (χ1) is 4.83. The predicted molar refractivity (Wildman–Crippen MR) is 24.6 cm³/mol.